The van der Waals surface area contributed by atoms with Gasteiger partial charge >= 0.3 is 5.69 Å². The summed E-state index contributed by atoms with van der Waals surface area (Å²) in [6.07, 6.45) is 0. The maximum Gasteiger partial charge on any atom is 0.311 e. The van der Waals surface area contributed by atoms with E-state index in [9.17, 15) is 18.5 Å². The van der Waals surface area contributed by atoms with E-state index in [0.717, 1.165) is 10.8 Å². The maximum absolute atomic E-state index is 13.4. The first-order valence-corrected chi connectivity index (χ1v) is 11.4. The van der Waals surface area contributed by atoms with Crippen molar-refractivity contribution in [1.82, 2.24) is 4.31 Å². The van der Waals surface area contributed by atoms with Gasteiger partial charge < -0.3 is 4.74 Å². The SMILES string of the molecule is COc1ccc([C@@H]2SCCN2S(=O)(=O)c2ccc3ccccc3c2)cc1[N+](=O)[O-]. The van der Waals surface area contributed by atoms with Gasteiger partial charge in [-0.1, -0.05) is 36.4 Å². The van der Waals surface area contributed by atoms with Crippen molar-refractivity contribution in [1.29, 1.82) is 0 Å². The van der Waals surface area contributed by atoms with E-state index in [4.69, 9.17) is 4.74 Å². The van der Waals surface area contributed by atoms with Crippen molar-refractivity contribution in [3.63, 3.8) is 0 Å². The molecule has 0 aliphatic carbocycles. The molecule has 0 spiro atoms. The molecule has 0 aromatic heterocycles. The van der Waals surface area contributed by atoms with Crippen LogP contribution >= 0.6 is 11.8 Å². The van der Waals surface area contributed by atoms with Crippen LogP contribution in [0.1, 0.15) is 10.9 Å². The van der Waals surface area contributed by atoms with E-state index < -0.39 is 20.3 Å². The summed E-state index contributed by atoms with van der Waals surface area (Å²) in [6.45, 7) is 0.338. The number of thioether (sulfide) groups is 1. The zero-order valence-electron chi connectivity index (χ0n) is 15.5. The fourth-order valence-electron chi connectivity index (χ4n) is 3.43. The smallest absolute Gasteiger partial charge is 0.311 e. The summed E-state index contributed by atoms with van der Waals surface area (Å²) in [6, 6.07) is 17.2. The van der Waals surface area contributed by atoms with Gasteiger partial charge in [0.25, 0.3) is 0 Å². The first kappa shape index (κ1) is 19.7. The van der Waals surface area contributed by atoms with Crippen LogP contribution < -0.4 is 4.74 Å². The highest BCUT2D eigenvalue weighted by Crippen LogP contribution is 2.43. The molecule has 3 aromatic carbocycles. The number of nitro benzene ring substituents is 1. The van der Waals surface area contributed by atoms with Crippen molar-refractivity contribution in [3.05, 3.63) is 76.3 Å². The summed E-state index contributed by atoms with van der Waals surface area (Å²) in [5.74, 6) is 0.753. The van der Waals surface area contributed by atoms with Crippen LogP contribution in [-0.4, -0.2) is 37.1 Å². The first-order valence-electron chi connectivity index (χ1n) is 8.86. The van der Waals surface area contributed by atoms with Gasteiger partial charge in [-0.2, -0.15) is 4.31 Å². The van der Waals surface area contributed by atoms with E-state index in [1.165, 1.54) is 35.3 Å². The highest BCUT2D eigenvalue weighted by Gasteiger charge is 2.37. The van der Waals surface area contributed by atoms with Crippen molar-refractivity contribution in [2.75, 3.05) is 19.4 Å². The third kappa shape index (κ3) is 3.57. The fourth-order valence-corrected chi connectivity index (χ4v) is 6.70. The number of hydrogen-bond donors (Lipinski definition) is 0. The molecular weight excluding hydrogens is 412 g/mol. The zero-order valence-corrected chi connectivity index (χ0v) is 17.2. The van der Waals surface area contributed by atoms with Crippen molar-refractivity contribution >= 4 is 38.2 Å². The molecular formula is C20H18N2O5S2. The van der Waals surface area contributed by atoms with Crippen LogP contribution in [0.5, 0.6) is 5.75 Å². The molecule has 0 unspecified atom stereocenters. The van der Waals surface area contributed by atoms with Crippen LogP contribution in [0.2, 0.25) is 0 Å². The molecule has 0 radical (unpaired) electrons. The molecule has 1 aliphatic heterocycles. The molecule has 29 heavy (non-hydrogen) atoms. The summed E-state index contributed by atoms with van der Waals surface area (Å²) >= 11 is 1.45. The molecule has 0 bridgehead atoms. The van der Waals surface area contributed by atoms with E-state index in [2.05, 4.69) is 0 Å². The Hall–Kier alpha value is -2.62. The molecule has 7 nitrogen and oxygen atoms in total. The second-order valence-electron chi connectivity index (χ2n) is 6.54. The Labute approximate surface area is 172 Å². The molecule has 0 N–H and O–H groups in total. The van der Waals surface area contributed by atoms with Gasteiger partial charge in [0.15, 0.2) is 5.75 Å². The second-order valence-corrected chi connectivity index (χ2v) is 9.61. The van der Waals surface area contributed by atoms with E-state index in [1.807, 2.05) is 24.3 Å². The molecule has 1 aliphatic rings. The summed E-state index contributed by atoms with van der Waals surface area (Å²) in [4.78, 5) is 11.0. The van der Waals surface area contributed by atoms with Gasteiger partial charge in [0.05, 0.1) is 22.3 Å². The molecule has 0 amide bonds. The normalized spacial score (nSPS) is 17.5. The van der Waals surface area contributed by atoms with Crippen LogP contribution in [-0.2, 0) is 10.0 Å². The molecule has 9 heteroatoms. The van der Waals surface area contributed by atoms with E-state index >= 15 is 0 Å². The molecule has 1 fully saturated rings. The van der Waals surface area contributed by atoms with Crippen LogP contribution in [0.4, 0.5) is 5.69 Å². The first-order chi connectivity index (χ1) is 13.9. The molecule has 3 aromatic rings. The number of nitrogens with zero attached hydrogens (tertiary/aromatic N) is 2. The number of fused-ring (bicyclic) bond motifs is 1. The van der Waals surface area contributed by atoms with E-state index in [1.54, 1.807) is 24.3 Å². The van der Waals surface area contributed by atoms with E-state index in [-0.39, 0.29) is 16.3 Å². The van der Waals surface area contributed by atoms with Crippen LogP contribution in [0, 0.1) is 10.1 Å². The summed E-state index contributed by atoms with van der Waals surface area (Å²) in [5.41, 5.74) is 0.380. The van der Waals surface area contributed by atoms with Crippen LogP contribution in [0.25, 0.3) is 10.8 Å². The number of benzene rings is 3. The quantitative estimate of drug-likeness (QED) is 0.445. The number of nitro groups is 1. The topological polar surface area (TPSA) is 89.8 Å². The minimum absolute atomic E-state index is 0.144. The van der Waals surface area contributed by atoms with Crippen molar-refractivity contribution in [2.45, 2.75) is 10.3 Å². The molecule has 4 rings (SSSR count). The van der Waals surface area contributed by atoms with Gasteiger partial charge in [-0.05, 0) is 34.5 Å². The Morgan fingerprint density at radius 3 is 2.59 bits per heavy atom. The average molecular weight is 431 g/mol. The maximum atomic E-state index is 13.4. The van der Waals surface area contributed by atoms with Crippen molar-refractivity contribution in [3.8, 4) is 5.75 Å². The lowest BCUT2D eigenvalue weighted by molar-refractivity contribution is -0.385. The lowest BCUT2D eigenvalue weighted by atomic mass is 10.1. The predicted octanol–water partition coefficient (Wildman–Crippen LogP) is 4.19. The molecule has 0 saturated carbocycles. The molecule has 1 saturated heterocycles. The monoisotopic (exact) mass is 430 g/mol. The third-order valence-electron chi connectivity index (χ3n) is 4.86. The van der Waals surface area contributed by atoms with Gasteiger partial charge in [0, 0.05) is 18.4 Å². The Balaban J connectivity index is 1.74. The van der Waals surface area contributed by atoms with Crippen molar-refractivity contribution < 1.29 is 18.1 Å². The lowest BCUT2D eigenvalue weighted by Gasteiger charge is -2.24. The number of rotatable bonds is 5. The summed E-state index contributed by atoms with van der Waals surface area (Å²) < 4.78 is 33.2. The predicted molar refractivity (Wildman–Crippen MR) is 113 cm³/mol. The van der Waals surface area contributed by atoms with Gasteiger partial charge in [-0.15, -0.1) is 11.8 Å². The minimum Gasteiger partial charge on any atom is -0.490 e. The largest absolute Gasteiger partial charge is 0.490 e. The fraction of sp³-hybridized carbons (Fsp3) is 0.200. The third-order valence-corrected chi connectivity index (χ3v) is 8.12. The Morgan fingerprint density at radius 1 is 1.10 bits per heavy atom. The van der Waals surface area contributed by atoms with Gasteiger partial charge in [-0.3, -0.25) is 10.1 Å². The Morgan fingerprint density at radius 2 is 1.86 bits per heavy atom. The molecule has 150 valence electrons. The summed E-state index contributed by atoms with van der Waals surface area (Å²) in [7, 11) is -2.40. The number of methoxy groups -OCH3 is 1. The standard InChI is InChI=1S/C20H18N2O5S2/c1-27-19-9-7-16(13-18(19)22(23)24)20-21(10-11-28-20)29(25,26)17-8-6-14-4-2-3-5-15(14)12-17/h2-9,12-13,20H,10-11H2,1H3/t20-/m0/s1. The van der Waals surface area contributed by atoms with Crippen LogP contribution in [0.15, 0.2) is 65.6 Å². The van der Waals surface area contributed by atoms with Gasteiger partial charge in [0.1, 0.15) is 0 Å². The molecule has 1 atom stereocenters. The Bertz CT molecular complexity index is 1200. The average Bonchev–Trinajstić information content (AvgIpc) is 3.23. The zero-order chi connectivity index (χ0) is 20.6. The van der Waals surface area contributed by atoms with E-state index in [0.29, 0.717) is 17.9 Å². The number of sulfonamides is 1. The highest BCUT2D eigenvalue weighted by atomic mass is 32.2. The van der Waals surface area contributed by atoms with Gasteiger partial charge in [0.2, 0.25) is 10.0 Å². The summed E-state index contributed by atoms with van der Waals surface area (Å²) in [5, 5.41) is 12.6. The number of ether oxygens (including phenoxy) is 1. The lowest BCUT2D eigenvalue weighted by Crippen LogP contribution is -2.30. The van der Waals surface area contributed by atoms with Crippen LogP contribution in [0.3, 0.4) is 0 Å². The van der Waals surface area contributed by atoms with Crippen molar-refractivity contribution in [2.24, 2.45) is 0 Å². The number of hydrogen-bond acceptors (Lipinski definition) is 6. The minimum atomic E-state index is -3.76. The van der Waals surface area contributed by atoms with Gasteiger partial charge in [-0.25, -0.2) is 8.42 Å². The Kier molecular flexibility index (Phi) is 5.20. The second kappa shape index (κ2) is 7.66. The molecule has 1 heterocycles. The highest BCUT2D eigenvalue weighted by molar-refractivity contribution is 8.01.